The zero-order chi connectivity index (χ0) is 12.8. The molecule has 0 aliphatic carbocycles. The highest BCUT2D eigenvalue weighted by atomic mass is 16.7. The molecule has 1 aromatic rings. The van der Waals surface area contributed by atoms with Crippen molar-refractivity contribution in [3.8, 4) is 11.5 Å². The molecule has 0 atom stereocenters. The van der Waals surface area contributed by atoms with Crippen LogP contribution < -0.4 is 9.47 Å². The molecule has 4 heteroatoms. The van der Waals surface area contributed by atoms with E-state index in [0.717, 1.165) is 11.5 Å². The van der Waals surface area contributed by atoms with Gasteiger partial charge in [-0.3, -0.25) is 0 Å². The molecule has 0 unspecified atom stereocenters. The molecule has 0 bridgehead atoms. The van der Waals surface area contributed by atoms with Crippen LogP contribution in [0.1, 0.15) is 20.3 Å². The van der Waals surface area contributed by atoms with E-state index in [1.807, 2.05) is 38.1 Å². The predicted octanol–water partition coefficient (Wildman–Crippen LogP) is 2.62. The summed E-state index contributed by atoms with van der Waals surface area (Å²) in [5.74, 6) is 1.15. The van der Waals surface area contributed by atoms with Crippen molar-refractivity contribution in [2.24, 2.45) is 0 Å². The molecule has 0 radical (unpaired) electrons. The first-order chi connectivity index (χ1) is 8.72. The lowest BCUT2D eigenvalue weighted by Gasteiger charge is -2.22. The number of hydrogen-bond donors (Lipinski definition) is 0. The fourth-order valence-corrected chi connectivity index (χ4v) is 1.88. The summed E-state index contributed by atoms with van der Waals surface area (Å²) in [5.41, 5.74) is 0. The number of ether oxygens (including phenoxy) is 4. The summed E-state index contributed by atoms with van der Waals surface area (Å²) in [6.07, 6.45) is 0.714. The van der Waals surface area contributed by atoms with Crippen molar-refractivity contribution in [2.45, 2.75) is 26.1 Å². The Morgan fingerprint density at radius 2 is 1.83 bits per heavy atom. The molecule has 1 heterocycles. The van der Waals surface area contributed by atoms with Crippen LogP contribution in [-0.2, 0) is 9.47 Å². The van der Waals surface area contributed by atoms with Crippen molar-refractivity contribution in [3.63, 3.8) is 0 Å². The van der Waals surface area contributed by atoms with Crippen molar-refractivity contribution >= 4 is 0 Å². The van der Waals surface area contributed by atoms with Gasteiger partial charge in [-0.15, -0.1) is 0 Å². The molecule has 1 aliphatic rings. The average molecular weight is 252 g/mol. The number of hydrogen-bond acceptors (Lipinski definition) is 4. The van der Waals surface area contributed by atoms with Gasteiger partial charge in [0.15, 0.2) is 5.79 Å². The molecule has 100 valence electrons. The van der Waals surface area contributed by atoms with E-state index in [-0.39, 0.29) is 0 Å². The van der Waals surface area contributed by atoms with Crippen LogP contribution in [-0.4, -0.2) is 32.2 Å². The topological polar surface area (TPSA) is 36.9 Å². The molecule has 4 nitrogen and oxygen atoms in total. The molecule has 2 rings (SSSR count). The van der Waals surface area contributed by atoms with Crippen LogP contribution in [0.4, 0.5) is 0 Å². The zero-order valence-electron chi connectivity index (χ0n) is 11.0. The third-order valence-corrected chi connectivity index (χ3v) is 2.84. The molecule has 18 heavy (non-hydrogen) atoms. The van der Waals surface area contributed by atoms with Gasteiger partial charge in [0.2, 0.25) is 0 Å². The number of rotatable bonds is 6. The second-order valence-electron chi connectivity index (χ2n) is 4.34. The first kappa shape index (κ1) is 13.2. The zero-order valence-corrected chi connectivity index (χ0v) is 11.0. The van der Waals surface area contributed by atoms with Crippen molar-refractivity contribution in [1.82, 2.24) is 0 Å². The second-order valence-corrected chi connectivity index (χ2v) is 4.34. The molecule has 0 aromatic heterocycles. The first-order valence-electron chi connectivity index (χ1n) is 6.35. The highest BCUT2D eigenvalue weighted by Crippen LogP contribution is 2.24. The van der Waals surface area contributed by atoms with Gasteiger partial charge in [-0.25, -0.2) is 0 Å². The maximum atomic E-state index is 5.68. The smallest absolute Gasteiger partial charge is 0.168 e. The summed E-state index contributed by atoms with van der Waals surface area (Å²) < 4.78 is 22.1. The summed E-state index contributed by atoms with van der Waals surface area (Å²) in [6.45, 7) is 6.45. The van der Waals surface area contributed by atoms with E-state index in [2.05, 4.69) is 0 Å². The number of benzene rings is 1. The second kappa shape index (κ2) is 6.07. The molecular weight excluding hydrogens is 232 g/mol. The van der Waals surface area contributed by atoms with Gasteiger partial charge in [0.25, 0.3) is 0 Å². The van der Waals surface area contributed by atoms with Gasteiger partial charge in [0.05, 0.1) is 26.4 Å². The maximum absolute atomic E-state index is 5.68. The molecule has 0 spiro atoms. The van der Waals surface area contributed by atoms with Crippen molar-refractivity contribution in [2.75, 3.05) is 26.4 Å². The Morgan fingerprint density at radius 3 is 2.50 bits per heavy atom. The minimum atomic E-state index is -0.489. The summed E-state index contributed by atoms with van der Waals surface area (Å²) in [5, 5.41) is 0. The fraction of sp³-hybridized carbons (Fsp3) is 0.571. The Bertz CT molecular complexity index is 372. The van der Waals surface area contributed by atoms with Crippen molar-refractivity contribution < 1.29 is 18.9 Å². The van der Waals surface area contributed by atoms with E-state index < -0.39 is 5.79 Å². The van der Waals surface area contributed by atoms with Gasteiger partial charge in [0, 0.05) is 12.5 Å². The van der Waals surface area contributed by atoms with Crippen LogP contribution in [0.5, 0.6) is 11.5 Å². The van der Waals surface area contributed by atoms with E-state index >= 15 is 0 Å². The lowest BCUT2D eigenvalue weighted by atomic mass is 10.2. The van der Waals surface area contributed by atoms with E-state index in [4.69, 9.17) is 18.9 Å². The van der Waals surface area contributed by atoms with Gasteiger partial charge in [-0.05, 0) is 26.0 Å². The summed E-state index contributed by atoms with van der Waals surface area (Å²) in [4.78, 5) is 0. The third-order valence-electron chi connectivity index (χ3n) is 2.84. The van der Waals surface area contributed by atoms with E-state index in [9.17, 15) is 0 Å². The first-order valence-corrected chi connectivity index (χ1v) is 6.35. The van der Waals surface area contributed by atoms with Crippen molar-refractivity contribution in [1.29, 1.82) is 0 Å². The fourth-order valence-electron chi connectivity index (χ4n) is 1.88. The highest BCUT2D eigenvalue weighted by Gasteiger charge is 2.30. The Balaban J connectivity index is 1.80. The average Bonchev–Trinajstić information content (AvgIpc) is 2.77. The van der Waals surface area contributed by atoms with Gasteiger partial charge in [-0.2, -0.15) is 0 Å². The van der Waals surface area contributed by atoms with Crippen LogP contribution >= 0.6 is 0 Å². The normalized spacial score (nSPS) is 17.7. The quantitative estimate of drug-likeness (QED) is 0.780. The third kappa shape index (κ3) is 3.62. The molecule has 1 aliphatic heterocycles. The largest absolute Gasteiger partial charge is 0.494 e. The molecule has 1 aromatic carbocycles. The van der Waals surface area contributed by atoms with Crippen LogP contribution in [0.25, 0.3) is 0 Å². The summed E-state index contributed by atoms with van der Waals surface area (Å²) in [7, 11) is 0. The van der Waals surface area contributed by atoms with Gasteiger partial charge < -0.3 is 18.9 Å². The maximum Gasteiger partial charge on any atom is 0.168 e. The minimum Gasteiger partial charge on any atom is -0.494 e. The van der Waals surface area contributed by atoms with Crippen LogP contribution in [0.2, 0.25) is 0 Å². The van der Waals surface area contributed by atoms with E-state index in [0.29, 0.717) is 32.8 Å². The van der Waals surface area contributed by atoms with Crippen LogP contribution in [0.3, 0.4) is 0 Å². The van der Waals surface area contributed by atoms with Crippen LogP contribution in [0, 0.1) is 0 Å². The Hall–Kier alpha value is -1.26. The standard InChI is InChI=1S/C14H20O4/c1-3-15-12-5-4-6-13(11-12)16-8-7-14(2)17-9-10-18-14/h4-6,11H,3,7-10H2,1-2H3. The Morgan fingerprint density at radius 1 is 1.17 bits per heavy atom. The minimum absolute atomic E-state index is 0.489. The Labute approximate surface area is 108 Å². The lowest BCUT2D eigenvalue weighted by Crippen LogP contribution is -2.27. The summed E-state index contributed by atoms with van der Waals surface area (Å²) in [6, 6.07) is 7.65. The lowest BCUT2D eigenvalue weighted by molar-refractivity contribution is -0.150. The molecule has 1 saturated heterocycles. The van der Waals surface area contributed by atoms with E-state index in [1.165, 1.54) is 0 Å². The SMILES string of the molecule is CCOc1cccc(OCCC2(C)OCCO2)c1. The Kier molecular flexibility index (Phi) is 4.44. The molecule has 0 N–H and O–H groups in total. The molecule has 0 amide bonds. The molecule has 0 saturated carbocycles. The van der Waals surface area contributed by atoms with Crippen molar-refractivity contribution in [3.05, 3.63) is 24.3 Å². The molecule has 1 fully saturated rings. The highest BCUT2D eigenvalue weighted by molar-refractivity contribution is 5.32. The van der Waals surface area contributed by atoms with Gasteiger partial charge in [0.1, 0.15) is 11.5 Å². The van der Waals surface area contributed by atoms with Gasteiger partial charge >= 0.3 is 0 Å². The van der Waals surface area contributed by atoms with E-state index in [1.54, 1.807) is 0 Å². The van der Waals surface area contributed by atoms with Crippen LogP contribution in [0.15, 0.2) is 24.3 Å². The van der Waals surface area contributed by atoms with Gasteiger partial charge in [-0.1, -0.05) is 6.07 Å². The molecular formula is C14H20O4. The predicted molar refractivity (Wildman–Crippen MR) is 68.0 cm³/mol. The summed E-state index contributed by atoms with van der Waals surface area (Å²) >= 11 is 0. The monoisotopic (exact) mass is 252 g/mol.